The third-order valence-electron chi connectivity index (χ3n) is 3.47. The van der Waals surface area contributed by atoms with Gasteiger partial charge < -0.3 is 5.32 Å². The molecule has 4 heteroatoms. The molecule has 4 nitrogen and oxygen atoms in total. The Labute approximate surface area is 114 Å². The molecule has 0 aromatic carbocycles. The van der Waals surface area contributed by atoms with Crippen molar-refractivity contribution in [1.82, 2.24) is 19.9 Å². The number of hydrogen-bond acceptors (Lipinski definition) is 3. The highest BCUT2D eigenvalue weighted by atomic mass is 15.1. The molecule has 0 saturated carbocycles. The molecule has 0 spiro atoms. The largest absolute Gasteiger partial charge is 0.310 e. The summed E-state index contributed by atoms with van der Waals surface area (Å²) < 4.78 is 2.02. The minimum absolute atomic E-state index is 0.340. The summed E-state index contributed by atoms with van der Waals surface area (Å²) in [7, 11) is 0. The molecule has 0 saturated heterocycles. The minimum atomic E-state index is 0.340. The third-order valence-corrected chi connectivity index (χ3v) is 3.47. The number of imidazole rings is 1. The smallest absolute Gasteiger partial charge is 0.138 e. The average molecular weight is 258 g/mol. The first-order valence-electron chi connectivity index (χ1n) is 6.83. The highest BCUT2D eigenvalue weighted by Crippen LogP contribution is 2.15. The summed E-state index contributed by atoms with van der Waals surface area (Å²) in [5, 5.41) is 3.46. The number of pyridine rings is 1. The number of rotatable bonds is 5. The van der Waals surface area contributed by atoms with Gasteiger partial charge in [0.25, 0.3) is 0 Å². The lowest BCUT2D eigenvalue weighted by molar-refractivity contribution is 0.569. The fraction of sp³-hybridized carbons (Fsp3) is 0.467. The SMILES string of the molecule is CCCNC(C)c1ccc(-n2cnc(C)c2C)nc1. The van der Waals surface area contributed by atoms with Crippen LogP contribution in [0.2, 0.25) is 0 Å². The summed E-state index contributed by atoms with van der Waals surface area (Å²) in [4.78, 5) is 8.84. The zero-order chi connectivity index (χ0) is 13.8. The molecule has 1 unspecified atom stereocenters. The van der Waals surface area contributed by atoms with Gasteiger partial charge in [0, 0.05) is 17.9 Å². The number of aromatic nitrogens is 3. The molecule has 2 aromatic rings. The first-order chi connectivity index (χ1) is 9.13. The third kappa shape index (κ3) is 3.01. The fourth-order valence-electron chi connectivity index (χ4n) is 2.00. The Balaban J connectivity index is 2.16. The van der Waals surface area contributed by atoms with Crippen LogP contribution in [0.15, 0.2) is 24.7 Å². The summed E-state index contributed by atoms with van der Waals surface area (Å²) in [6.07, 6.45) is 4.91. The zero-order valence-electron chi connectivity index (χ0n) is 12.1. The van der Waals surface area contributed by atoms with Crippen LogP contribution in [0.25, 0.3) is 5.82 Å². The molecule has 1 N–H and O–H groups in total. The molecule has 19 heavy (non-hydrogen) atoms. The predicted octanol–water partition coefficient (Wildman–Crippen LogP) is 2.94. The van der Waals surface area contributed by atoms with E-state index in [1.54, 1.807) is 0 Å². The lowest BCUT2D eigenvalue weighted by Crippen LogP contribution is -2.19. The van der Waals surface area contributed by atoms with Crippen LogP contribution >= 0.6 is 0 Å². The highest BCUT2D eigenvalue weighted by Gasteiger charge is 2.08. The Morgan fingerprint density at radius 3 is 2.58 bits per heavy atom. The second kappa shape index (κ2) is 5.97. The van der Waals surface area contributed by atoms with Crippen LogP contribution in [-0.4, -0.2) is 21.1 Å². The Bertz CT molecular complexity index is 528. The van der Waals surface area contributed by atoms with Gasteiger partial charge in [-0.05, 0) is 45.4 Å². The zero-order valence-corrected chi connectivity index (χ0v) is 12.1. The molecule has 0 aliphatic heterocycles. The summed E-state index contributed by atoms with van der Waals surface area (Å²) in [5.74, 6) is 0.921. The van der Waals surface area contributed by atoms with Crippen molar-refractivity contribution >= 4 is 0 Å². The predicted molar refractivity (Wildman–Crippen MR) is 77.5 cm³/mol. The molecule has 0 aliphatic rings. The van der Waals surface area contributed by atoms with Crippen LogP contribution in [0, 0.1) is 13.8 Å². The Kier molecular flexibility index (Phi) is 4.32. The second-order valence-corrected chi connectivity index (χ2v) is 4.91. The summed E-state index contributed by atoms with van der Waals surface area (Å²) >= 11 is 0. The maximum absolute atomic E-state index is 4.54. The minimum Gasteiger partial charge on any atom is -0.310 e. The molecule has 2 heterocycles. The standard InChI is InChI=1S/C15H22N4/c1-5-8-16-12(3)14-6-7-15(17-9-14)19-10-18-11(2)13(19)4/h6-7,9-10,12,16H,5,8H2,1-4H3. The monoisotopic (exact) mass is 258 g/mol. The van der Waals surface area contributed by atoms with E-state index in [2.05, 4.69) is 42.1 Å². The van der Waals surface area contributed by atoms with E-state index in [0.29, 0.717) is 6.04 Å². The lowest BCUT2D eigenvalue weighted by Gasteiger charge is -2.14. The van der Waals surface area contributed by atoms with E-state index < -0.39 is 0 Å². The first-order valence-corrected chi connectivity index (χ1v) is 6.83. The van der Waals surface area contributed by atoms with Crippen molar-refractivity contribution in [1.29, 1.82) is 0 Å². The summed E-state index contributed by atoms with van der Waals surface area (Å²) in [5.41, 5.74) is 3.40. The van der Waals surface area contributed by atoms with E-state index in [1.165, 1.54) is 5.56 Å². The summed E-state index contributed by atoms with van der Waals surface area (Å²) in [6.45, 7) is 9.44. The van der Waals surface area contributed by atoms with Gasteiger partial charge in [-0.3, -0.25) is 4.57 Å². The van der Waals surface area contributed by atoms with Crippen LogP contribution in [0.5, 0.6) is 0 Å². The van der Waals surface area contributed by atoms with Crippen molar-refractivity contribution in [2.75, 3.05) is 6.54 Å². The Hall–Kier alpha value is -1.68. The molecule has 1 atom stereocenters. The topological polar surface area (TPSA) is 42.7 Å². The molecule has 2 rings (SSSR count). The molecule has 102 valence electrons. The lowest BCUT2D eigenvalue weighted by atomic mass is 10.1. The van der Waals surface area contributed by atoms with Gasteiger partial charge in [0.05, 0.1) is 5.69 Å². The maximum Gasteiger partial charge on any atom is 0.138 e. The quantitative estimate of drug-likeness (QED) is 0.896. The van der Waals surface area contributed by atoms with Gasteiger partial charge in [-0.2, -0.15) is 0 Å². The van der Waals surface area contributed by atoms with E-state index in [1.807, 2.05) is 30.1 Å². The first kappa shape index (κ1) is 13.7. The van der Waals surface area contributed by atoms with Crippen LogP contribution in [-0.2, 0) is 0 Å². The highest BCUT2D eigenvalue weighted by molar-refractivity contribution is 5.30. The van der Waals surface area contributed by atoms with Crippen LogP contribution in [0.4, 0.5) is 0 Å². The van der Waals surface area contributed by atoms with Crippen molar-refractivity contribution in [3.05, 3.63) is 41.6 Å². The molecular weight excluding hydrogens is 236 g/mol. The molecule has 0 aliphatic carbocycles. The molecular formula is C15H22N4. The van der Waals surface area contributed by atoms with Crippen molar-refractivity contribution in [2.45, 2.75) is 40.2 Å². The van der Waals surface area contributed by atoms with Gasteiger partial charge in [-0.1, -0.05) is 13.0 Å². The number of nitrogens with zero attached hydrogens (tertiary/aromatic N) is 3. The summed E-state index contributed by atoms with van der Waals surface area (Å²) in [6, 6.07) is 4.52. The van der Waals surface area contributed by atoms with Gasteiger partial charge in [-0.25, -0.2) is 9.97 Å². The van der Waals surface area contributed by atoms with Crippen LogP contribution < -0.4 is 5.32 Å². The molecule has 0 radical (unpaired) electrons. The van der Waals surface area contributed by atoms with E-state index in [-0.39, 0.29) is 0 Å². The Morgan fingerprint density at radius 1 is 1.26 bits per heavy atom. The van der Waals surface area contributed by atoms with Gasteiger partial charge in [0.1, 0.15) is 12.1 Å². The van der Waals surface area contributed by atoms with E-state index in [9.17, 15) is 0 Å². The molecule has 0 fully saturated rings. The normalized spacial score (nSPS) is 12.6. The van der Waals surface area contributed by atoms with Crippen LogP contribution in [0.1, 0.15) is 43.3 Å². The van der Waals surface area contributed by atoms with Gasteiger partial charge >= 0.3 is 0 Å². The fourth-order valence-corrected chi connectivity index (χ4v) is 2.00. The van der Waals surface area contributed by atoms with E-state index in [4.69, 9.17) is 0 Å². The molecule has 0 amide bonds. The average Bonchev–Trinajstić information content (AvgIpc) is 2.76. The number of nitrogens with one attached hydrogen (secondary N) is 1. The number of hydrogen-bond donors (Lipinski definition) is 1. The second-order valence-electron chi connectivity index (χ2n) is 4.91. The maximum atomic E-state index is 4.54. The van der Waals surface area contributed by atoms with Crippen molar-refractivity contribution < 1.29 is 0 Å². The van der Waals surface area contributed by atoms with Gasteiger partial charge in [-0.15, -0.1) is 0 Å². The van der Waals surface area contributed by atoms with Crippen molar-refractivity contribution in [3.8, 4) is 5.82 Å². The van der Waals surface area contributed by atoms with E-state index in [0.717, 1.165) is 30.2 Å². The van der Waals surface area contributed by atoms with Crippen LogP contribution in [0.3, 0.4) is 0 Å². The van der Waals surface area contributed by atoms with Gasteiger partial charge in [0.2, 0.25) is 0 Å². The van der Waals surface area contributed by atoms with Crippen molar-refractivity contribution in [3.63, 3.8) is 0 Å². The van der Waals surface area contributed by atoms with Crippen molar-refractivity contribution in [2.24, 2.45) is 0 Å². The number of aryl methyl sites for hydroxylation is 1. The Morgan fingerprint density at radius 2 is 2.05 bits per heavy atom. The van der Waals surface area contributed by atoms with Gasteiger partial charge in [0.15, 0.2) is 0 Å². The molecule has 2 aromatic heterocycles. The molecule has 0 bridgehead atoms. The van der Waals surface area contributed by atoms with E-state index >= 15 is 0 Å².